The van der Waals surface area contributed by atoms with E-state index >= 15 is 0 Å². The Morgan fingerprint density at radius 3 is 2.34 bits per heavy atom. The van der Waals surface area contributed by atoms with Crippen molar-refractivity contribution in [3.8, 4) is 11.3 Å². The van der Waals surface area contributed by atoms with E-state index in [2.05, 4.69) is 26.0 Å². The molecule has 9 heteroatoms. The lowest BCUT2D eigenvalue weighted by Crippen LogP contribution is -2.11. The number of anilines is 2. The standard InChI is InChI=1S/C23H20N4O2S3/c1-14(28)24-18-7-3-16(4-8-18)21-13-32-23(26-21)27-22(29)17-5-9-20(10-6-17)31-12-19-11-30-15(2)25-19/h3-11,13H,12H2,1-2H3,(H,24,28)(H,26,27,29). The Hall–Kier alpha value is -3.01. The first kappa shape index (κ1) is 22.2. The molecule has 162 valence electrons. The summed E-state index contributed by atoms with van der Waals surface area (Å²) >= 11 is 4.72. The average molecular weight is 481 g/mol. The number of carbonyl (C=O) groups is 2. The summed E-state index contributed by atoms with van der Waals surface area (Å²) < 4.78 is 0. The fourth-order valence-corrected chi connectivity index (χ4v) is 5.12. The van der Waals surface area contributed by atoms with Gasteiger partial charge in [0.1, 0.15) is 0 Å². The number of amides is 2. The molecular formula is C23H20N4O2S3. The third kappa shape index (κ3) is 5.82. The Labute approximate surface area is 198 Å². The molecule has 0 aliphatic heterocycles. The molecule has 0 radical (unpaired) electrons. The van der Waals surface area contributed by atoms with Crippen molar-refractivity contribution in [3.05, 3.63) is 75.6 Å². The molecular weight excluding hydrogens is 460 g/mol. The molecule has 4 aromatic rings. The third-order valence-corrected chi connectivity index (χ3v) is 7.02. The van der Waals surface area contributed by atoms with E-state index in [4.69, 9.17) is 0 Å². The predicted molar refractivity (Wildman–Crippen MR) is 133 cm³/mol. The highest BCUT2D eigenvalue weighted by Gasteiger charge is 2.11. The number of thioether (sulfide) groups is 1. The number of nitrogens with one attached hydrogen (secondary N) is 2. The first-order chi connectivity index (χ1) is 15.5. The molecule has 0 atom stereocenters. The van der Waals surface area contributed by atoms with Crippen LogP contribution in [0.4, 0.5) is 10.8 Å². The fourth-order valence-electron chi connectivity index (χ4n) is 2.89. The Morgan fingerprint density at radius 1 is 0.938 bits per heavy atom. The lowest BCUT2D eigenvalue weighted by atomic mass is 10.1. The van der Waals surface area contributed by atoms with Gasteiger partial charge in [-0.2, -0.15) is 0 Å². The van der Waals surface area contributed by atoms with Gasteiger partial charge in [0, 0.05) is 45.1 Å². The number of thiazole rings is 2. The van der Waals surface area contributed by atoms with E-state index in [-0.39, 0.29) is 11.8 Å². The summed E-state index contributed by atoms with van der Waals surface area (Å²) in [5, 5.41) is 11.2. The van der Waals surface area contributed by atoms with Gasteiger partial charge >= 0.3 is 0 Å². The summed E-state index contributed by atoms with van der Waals surface area (Å²) in [6, 6.07) is 14.9. The highest BCUT2D eigenvalue weighted by atomic mass is 32.2. The molecule has 2 amide bonds. The topological polar surface area (TPSA) is 84.0 Å². The van der Waals surface area contributed by atoms with Gasteiger partial charge < -0.3 is 5.32 Å². The number of nitrogens with zero attached hydrogens (tertiary/aromatic N) is 2. The molecule has 0 saturated carbocycles. The van der Waals surface area contributed by atoms with Crippen LogP contribution in [0.3, 0.4) is 0 Å². The number of aryl methyl sites for hydroxylation is 1. The predicted octanol–water partition coefficient (Wildman–Crippen LogP) is 6.08. The van der Waals surface area contributed by atoms with Crippen LogP contribution in [0.2, 0.25) is 0 Å². The van der Waals surface area contributed by atoms with Gasteiger partial charge in [0.05, 0.1) is 16.4 Å². The molecule has 32 heavy (non-hydrogen) atoms. The van der Waals surface area contributed by atoms with Crippen LogP contribution in [0.1, 0.15) is 28.0 Å². The third-order valence-electron chi connectivity index (χ3n) is 4.40. The highest BCUT2D eigenvalue weighted by Crippen LogP contribution is 2.27. The highest BCUT2D eigenvalue weighted by molar-refractivity contribution is 7.98. The minimum Gasteiger partial charge on any atom is -0.326 e. The maximum absolute atomic E-state index is 12.6. The molecule has 0 spiro atoms. The van der Waals surface area contributed by atoms with Gasteiger partial charge in [-0.3, -0.25) is 14.9 Å². The zero-order valence-corrected chi connectivity index (χ0v) is 19.9. The van der Waals surface area contributed by atoms with Crippen LogP contribution in [0.15, 0.2) is 64.2 Å². The van der Waals surface area contributed by atoms with Gasteiger partial charge in [0.25, 0.3) is 5.91 Å². The van der Waals surface area contributed by atoms with Gasteiger partial charge in [-0.1, -0.05) is 12.1 Å². The minimum absolute atomic E-state index is 0.113. The number of rotatable bonds is 7. The second kappa shape index (κ2) is 10.1. The van der Waals surface area contributed by atoms with Crippen LogP contribution < -0.4 is 10.6 Å². The van der Waals surface area contributed by atoms with E-state index < -0.39 is 0 Å². The largest absolute Gasteiger partial charge is 0.326 e. The maximum atomic E-state index is 12.6. The molecule has 0 unspecified atom stereocenters. The first-order valence-corrected chi connectivity index (χ1v) is 12.5. The van der Waals surface area contributed by atoms with Crippen molar-refractivity contribution in [1.82, 2.24) is 9.97 Å². The number of aromatic nitrogens is 2. The molecule has 2 aromatic heterocycles. The average Bonchev–Trinajstić information content (AvgIpc) is 3.41. The maximum Gasteiger partial charge on any atom is 0.257 e. The monoisotopic (exact) mass is 480 g/mol. The van der Waals surface area contributed by atoms with Crippen molar-refractivity contribution in [3.63, 3.8) is 0 Å². The van der Waals surface area contributed by atoms with E-state index in [0.29, 0.717) is 10.7 Å². The molecule has 0 aliphatic rings. The van der Waals surface area contributed by atoms with E-state index in [9.17, 15) is 9.59 Å². The summed E-state index contributed by atoms with van der Waals surface area (Å²) in [5.41, 5.74) is 4.06. The molecule has 0 saturated heterocycles. The van der Waals surface area contributed by atoms with Crippen molar-refractivity contribution in [1.29, 1.82) is 0 Å². The van der Waals surface area contributed by atoms with Crippen molar-refractivity contribution >= 4 is 57.1 Å². The second-order valence-electron chi connectivity index (χ2n) is 6.92. The number of carbonyl (C=O) groups excluding carboxylic acids is 2. The molecule has 0 fully saturated rings. The van der Waals surface area contributed by atoms with Gasteiger partial charge in [-0.25, -0.2) is 9.97 Å². The van der Waals surface area contributed by atoms with E-state index in [1.165, 1.54) is 18.3 Å². The van der Waals surface area contributed by atoms with Gasteiger partial charge in [-0.05, 0) is 43.3 Å². The first-order valence-electron chi connectivity index (χ1n) is 9.75. The van der Waals surface area contributed by atoms with Crippen LogP contribution in [-0.4, -0.2) is 21.8 Å². The number of hydrogen-bond donors (Lipinski definition) is 2. The Bertz CT molecular complexity index is 1230. The van der Waals surface area contributed by atoms with Crippen LogP contribution >= 0.6 is 34.4 Å². The zero-order valence-electron chi connectivity index (χ0n) is 17.4. The van der Waals surface area contributed by atoms with Crippen molar-refractivity contribution in [2.45, 2.75) is 24.5 Å². The Balaban J connectivity index is 1.34. The summed E-state index contributed by atoms with van der Waals surface area (Å²) in [6.45, 7) is 3.47. The molecule has 2 heterocycles. The summed E-state index contributed by atoms with van der Waals surface area (Å²) in [6.07, 6.45) is 0. The van der Waals surface area contributed by atoms with E-state index in [1.807, 2.05) is 60.8 Å². The smallest absolute Gasteiger partial charge is 0.257 e. The molecule has 2 N–H and O–H groups in total. The van der Waals surface area contributed by atoms with Gasteiger partial charge in [0.2, 0.25) is 5.91 Å². The van der Waals surface area contributed by atoms with Crippen molar-refractivity contribution < 1.29 is 9.59 Å². The molecule has 4 rings (SSSR count). The normalized spacial score (nSPS) is 10.7. The Morgan fingerprint density at radius 2 is 1.69 bits per heavy atom. The van der Waals surface area contributed by atoms with Crippen LogP contribution in [0.5, 0.6) is 0 Å². The quantitative estimate of drug-likeness (QED) is 0.313. The summed E-state index contributed by atoms with van der Waals surface area (Å²) in [4.78, 5) is 33.8. The lowest BCUT2D eigenvalue weighted by molar-refractivity contribution is -0.114. The SMILES string of the molecule is CC(=O)Nc1ccc(-c2csc(NC(=O)c3ccc(SCc4csc(C)n4)cc3)n2)cc1. The lowest BCUT2D eigenvalue weighted by Gasteiger charge is -2.04. The second-order valence-corrected chi connectivity index (χ2v) is 9.89. The van der Waals surface area contributed by atoms with Gasteiger partial charge in [0.15, 0.2) is 5.13 Å². The van der Waals surface area contributed by atoms with E-state index in [1.54, 1.807) is 23.1 Å². The summed E-state index contributed by atoms with van der Waals surface area (Å²) in [7, 11) is 0. The Kier molecular flexibility index (Phi) is 6.99. The minimum atomic E-state index is -0.196. The zero-order chi connectivity index (χ0) is 22.5. The number of hydrogen-bond acceptors (Lipinski definition) is 7. The summed E-state index contributed by atoms with van der Waals surface area (Å²) in [5.74, 6) is 0.500. The fraction of sp³-hybridized carbons (Fsp3) is 0.130. The number of benzene rings is 2. The van der Waals surface area contributed by atoms with Crippen LogP contribution in [0, 0.1) is 6.92 Å². The molecule has 0 bridgehead atoms. The molecule has 2 aromatic carbocycles. The van der Waals surface area contributed by atoms with Crippen LogP contribution in [-0.2, 0) is 10.5 Å². The molecule has 6 nitrogen and oxygen atoms in total. The van der Waals surface area contributed by atoms with E-state index in [0.717, 1.165) is 38.3 Å². The van der Waals surface area contributed by atoms with Crippen LogP contribution in [0.25, 0.3) is 11.3 Å². The van der Waals surface area contributed by atoms with Gasteiger partial charge in [-0.15, -0.1) is 34.4 Å². The molecule has 0 aliphatic carbocycles. The van der Waals surface area contributed by atoms with Crippen molar-refractivity contribution in [2.75, 3.05) is 10.6 Å². The van der Waals surface area contributed by atoms with Crippen molar-refractivity contribution in [2.24, 2.45) is 0 Å².